The number of nitrogens with two attached hydrogens (primary N) is 2. The van der Waals surface area contributed by atoms with Crippen LogP contribution >= 0.6 is 27.5 Å². The van der Waals surface area contributed by atoms with E-state index in [-0.39, 0.29) is 34.6 Å². The molecule has 296 valence electrons. The van der Waals surface area contributed by atoms with E-state index in [0.717, 1.165) is 27.1 Å². The fourth-order valence-electron chi connectivity index (χ4n) is 5.21. The van der Waals surface area contributed by atoms with Gasteiger partial charge in [0, 0.05) is 49.9 Å². The van der Waals surface area contributed by atoms with Crippen molar-refractivity contribution in [3.05, 3.63) is 128 Å². The number of pyridine rings is 2. The predicted molar refractivity (Wildman–Crippen MR) is 219 cm³/mol. The maximum absolute atomic E-state index is 12.8. The summed E-state index contributed by atoms with van der Waals surface area (Å²) in [7, 11) is 2.90. The number of carbonyl (C=O) groups is 3. The molecule has 0 unspecified atom stereocenters. The van der Waals surface area contributed by atoms with E-state index in [1.807, 2.05) is 26.8 Å². The molecular formula is C40H37BrClF3N8O4. The average Bonchev–Trinajstić information content (AvgIpc) is 3.58. The summed E-state index contributed by atoms with van der Waals surface area (Å²) in [6.07, 6.45) is -3.78. The molecule has 0 aliphatic carbocycles. The van der Waals surface area contributed by atoms with Crippen molar-refractivity contribution in [2.75, 3.05) is 29.2 Å². The van der Waals surface area contributed by atoms with Gasteiger partial charge in [0.25, 0.3) is 11.8 Å². The van der Waals surface area contributed by atoms with Crippen LogP contribution < -0.4 is 26.8 Å². The number of aromatic nitrogens is 4. The second kappa shape index (κ2) is 19.1. The van der Waals surface area contributed by atoms with Gasteiger partial charge in [0.15, 0.2) is 5.69 Å². The van der Waals surface area contributed by atoms with Crippen LogP contribution in [0.4, 0.5) is 36.4 Å². The van der Waals surface area contributed by atoms with Crippen molar-refractivity contribution in [2.45, 2.75) is 26.9 Å². The Balaban J connectivity index is 0.000000242. The number of alkyl halides is 3. The molecule has 0 atom stereocenters. The Morgan fingerprint density at radius 2 is 1.40 bits per heavy atom. The summed E-state index contributed by atoms with van der Waals surface area (Å²) in [6.45, 7) is 5.83. The van der Waals surface area contributed by atoms with E-state index in [9.17, 15) is 27.6 Å². The van der Waals surface area contributed by atoms with Crippen LogP contribution in [0.2, 0.25) is 5.02 Å². The maximum Gasteiger partial charge on any atom is 0.435 e. The van der Waals surface area contributed by atoms with E-state index in [1.54, 1.807) is 66.7 Å². The number of hydrogen-bond donors (Lipinski definition) is 4. The van der Waals surface area contributed by atoms with E-state index < -0.39 is 17.8 Å². The molecule has 3 heterocycles. The maximum atomic E-state index is 12.8. The molecule has 0 fully saturated rings. The Morgan fingerprint density at radius 3 is 1.91 bits per heavy atom. The first-order valence-corrected chi connectivity index (χ1v) is 18.2. The molecule has 0 radical (unpaired) electrons. The van der Waals surface area contributed by atoms with Crippen molar-refractivity contribution in [1.82, 2.24) is 19.7 Å². The van der Waals surface area contributed by atoms with Crippen LogP contribution in [0.25, 0.3) is 22.4 Å². The predicted octanol–water partition coefficient (Wildman–Crippen LogP) is 9.49. The highest BCUT2D eigenvalue weighted by atomic mass is 79.9. The lowest BCUT2D eigenvalue weighted by Crippen LogP contribution is -2.13. The van der Waals surface area contributed by atoms with Crippen molar-refractivity contribution in [2.24, 2.45) is 7.05 Å². The summed E-state index contributed by atoms with van der Waals surface area (Å²) >= 11 is 9.12. The first kappa shape index (κ1) is 43.5. The highest BCUT2D eigenvalue weighted by molar-refractivity contribution is 9.10. The Kier molecular flexibility index (Phi) is 14.5. The number of halogens is 5. The lowest BCUT2D eigenvalue weighted by atomic mass is 9.99. The monoisotopic (exact) mass is 864 g/mol. The number of rotatable bonds is 8. The van der Waals surface area contributed by atoms with Gasteiger partial charge in [-0.2, -0.15) is 18.3 Å². The number of hydrogen-bond acceptors (Lipinski definition) is 9. The van der Waals surface area contributed by atoms with Crippen LogP contribution in [-0.4, -0.2) is 45.0 Å². The van der Waals surface area contributed by atoms with Crippen LogP contribution in [0, 0.1) is 6.92 Å². The lowest BCUT2D eigenvalue weighted by molar-refractivity contribution is -0.141. The Hall–Kier alpha value is -6.26. The van der Waals surface area contributed by atoms with Gasteiger partial charge in [-0.15, -0.1) is 0 Å². The smallest absolute Gasteiger partial charge is 0.435 e. The second-order valence-electron chi connectivity index (χ2n) is 11.7. The van der Waals surface area contributed by atoms with Crippen LogP contribution in [0.3, 0.4) is 0 Å². The van der Waals surface area contributed by atoms with Gasteiger partial charge in [-0.05, 0) is 97.4 Å². The van der Waals surface area contributed by atoms with Gasteiger partial charge < -0.3 is 26.8 Å². The minimum absolute atomic E-state index is 0.0289. The highest BCUT2D eigenvalue weighted by Crippen LogP contribution is 2.36. The quantitative estimate of drug-likeness (QED) is 0.108. The zero-order valence-corrected chi connectivity index (χ0v) is 33.5. The molecule has 6 N–H and O–H groups in total. The van der Waals surface area contributed by atoms with Crippen molar-refractivity contribution in [1.29, 1.82) is 0 Å². The van der Waals surface area contributed by atoms with Crippen molar-refractivity contribution in [3.8, 4) is 28.1 Å². The first-order chi connectivity index (χ1) is 27.1. The van der Waals surface area contributed by atoms with Gasteiger partial charge >= 0.3 is 6.18 Å². The lowest BCUT2D eigenvalue weighted by Gasteiger charge is -2.14. The van der Waals surface area contributed by atoms with Gasteiger partial charge in [-0.25, -0.2) is 9.97 Å². The molecule has 3 aromatic heterocycles. The van der Waals surface area contributed by atoms with Crippen molar-refractivity contribution < 1.29 is 32.3 Å². The molecule has 57 heavy (non-hydrogen) atoms. The summed E-state index contributed by atoms with van der Waals surface area (Å²) in [5, 5.41) is 9.30. The van der Waals surface area contributed by atoms with Gasteiger partial charge in [-0.3, -0.25) is 19.1 Å². The largest absolute Gasteiger partial charge is 0.496 e. The molecule has 0 aliphatic heterocycles. The number of nitrogens with zero attached hydrogens (tertiary/aromatic N) is 4. The normalized spacial score (nSPS) is 10.6. The van der Waals surface area contributed by atoms with E-state index in [0.29, 0.717) is 44.4 Å². The molecule has 0 aliphatic rings. The third-order valence-electron chi connectivity index (χ3n) is 7.98. The van der Waals surface area contributed by atoms with E-state index in [1.165, 1.54) is 26.3 Å². The van der Waals surface area contributed by atoms with Gasteiger partial charge in [0.05, 0.1) is 12.8 Å². The highest BCUT2D eigenvalue weighted by Gasteiger charge is 2.35. The number of ether oxygens (including phenoxy) is 1. The third kappa shape index (κ3) is 11.0. The molecule has 0 bridgehead atoms. The number of aryl methyl sites for hydroxylation is 2. The summed E-state index contributed by atoms with van der Waals surface area (Å²) in [6, 6.07) is 24.0. The van der Waals surface area contributed by atoms with Crippen LogP contribution in [0.1, 0.15) is 56.2 Å². The van der Waals surface area contributed by atoms with Crippen molar-refractivity contribution >= 4 is 68.9 Å². The molecule has 0 saturated heterocycles. The Morgan fingerprint density at radius 1 is 0.825 bits per heavy atom. The Labute approximate surface area is 339 Å². The van der Waals surface area contributed by atoms with E-state index in [2.05, 4.69) is 41.6 Å². The third-order valence-corrected chi connectivity index (χ3v) is 8.72. The standard InChI is InChI=1S/C21H18ClN3O3.C17H13BrF3N5O.C2H6/c1-12-9-17(18(28-2)10-14(12)11-26)16-7-8-19(24-20(16)23)25-21(27)13-3-5-15(22)6-4-13;1-26-12(8-13(25-26)17(19,20)21)11-5-6-14(23-15(11)22)24-16(27)9-3-2-4-10(18)7-9;1-2/h3-11H,1-2H3,(H3,23,24,25,27);2-8H,1H3,(H3,22,23,24,27);1-2H3. The van der Waals surface area contributed by atoms with E-state index >= 15 is 0 Å². The number of amides is 2. The van der Waals surface area contributed by atoms with Crippen LogP contribution in [-0.2, 0) is 13.2 Å². The number of carbonyl (C=O) groups excluding carboxylic acids is 3. The second-order valence-corrected chi connectivity index (χ2v) is 13.1. The number of benzene rings is 3. The molecule has 6 aromatic rings. The summed E-state index contributed by atoms with van der Waals surface area (Å²) in [5.41, 5.74) is 15.0. The minimum atomic E-state index is -4.56. The molecule has 0 saturated carbocycles. The number of anilines is 4. The molecule has 0 spiro atoms. The fourth-order valence-corrected chi connectivity index (χ4v) is 5.73. The van der Waals surface area contributed by atoms with E-state index in [4.69, 9.17) is 27.8 Å². The minimum Gasteiger partial charge on any atom is -0.496 e. The SMILES string of the molecule is CC.COc1cc(C=O)c(C)cc1-c1ccc(NC(=O)c2ccc(Cl)cc2)nc1N.Cn1nc(C(F)(F)F)cc1-c1ccc(NC(=O)c2cccc(Br)c2)nc1N. The number of nitrogen functional groups attached to an aromatic ring is 2. The molecular weight excluding hydrogens is 829 g/mol. The molecule has 12 nitrogen and oxygen atoms in total. The van der Waals surface area contributed by atoms with Crippen LogP contribution in [0.15, 0.2) is 95.5 Å². The first-order valence-electron chi connectivity index (χ1n) is 17.0. The van der Waals surface area contributed by atoms with Gasteiger partial charge in [0.1, 0.15) is 35.3 Å². The zero-order chi connectivity index (χ0) is 42.0. The summed E-state index contributed by atoms with van der Waals surface area (Å²) in [4.78, 5) is 44.1. The Bertz CT molecular complexity index is 2410. The number of nitrogens with one attached hydrogen (secondary N) is 2. The average molecular weight is 866 g/mol. The van der Waals surface area contributed by atoms with Gasteiger partial charge in [0.2, 0.25) is 0 Å². The summed E-state index contributed by atoms with van der Waals surface area (Å²) in [5.74, 6) is 0.500. The number of aldehydes is 1. The fraction of sp³-hybridized carbons (Fsp3) is 0.150. The van der Waals surface area contributed by atoms with Gasteiger partial charge in [-0.1, -0.05) is 47.4 Å². The number of methoxy groups -OCH3 is 1. The molecule has 6 rings (SSSR count). The topological polar surface area (TPSA) is 180 Å². The molecule has 3 aromatic carbocycles. The van der Waals surface area contributed by atoms with Crippen LogP contribution in [0.5, 0.6) is 5.75 Å². The summed E-state index contributed by atoms with van der Waals surface area (Å²) < 4.78 is 45.7. The molecule has 2 amide bonds. The van der Waals surface area contributed by atoms with Crippen molar-refractivity contribution in [3.63, 3.8) is 0 Å². The molecule has 17 heteroatoms. The zero-order valence-electron chi connectivity index (χ0n) is 31.2.